The molecule has 0 aliphatic carbocycles. The van der Waals surface area contributed by atoms with Crippen LogP contribution in [0.4, 0.5) is 0 Å². The van der Waals surface area contributed by atoms with Gasteiger partial charge < -0.3 is 10.1 Å². The second-order valence-electron chi connectivity index (χ2n) is 7.08. The van der Waals surface area contributed by atoms with Gasteiger partial charge in [0.05, 0.1) is 11.2 Å². The molecule has 5 nitrogen and oxygen atoms in total. The highest BCUT2D eigenvalue weighted by molar-refractivity contribution is 5.27. The zero-order valence-electron chi connectivity index (χ0n) is 13.7. The Bertz CT molecular complexity index is 634. The molecule has 0 amide bonds. The van der Waals surface area contributed by atoms with Crippen LogP contribution in [0.3, 0.4) is 0 Å². The third-order valence-electron chi connectivity index (χ3n) is 4.18. The van der Waals surface area contributed by atoms with Crippen molar-refractivity contribution in [3.63, 3.8) is 0 Å². The van der Waals surface area contributed by atoms with Crippen LogP contribution in [0, 0.1) is 0 Å². The number of pyridine rings is 1. The van der Waals surface area contributed by atoms with Gasteiger partial charge in [-0.2, -0.15) is 5.10 Å². The van der Waals surface area contributed by atoms with Crippen molar-refractivity contribution in [2.24, 2.45) is 0 Å². The van der Waals surface area contributed by atoms with Crippen LogP contribution in [-0.2, 0) is 11.3 Å². The van der Waals surface area contributed by atoms with E-state index in [0.717, 1.165) is 18.8 Å². The number of aromatic nitrogens is 3. The van der Waals surface area contributed by atoms with Crippen molar-refractivity contribution in [1.29, 1.82) is 0 Å². The standard InChI is InChI=1S/C17H24N4O/c1-16(2)11-14(17(3,4)22-16)19-12-13-6-8-18-15(10-13)21-9-5-7-20-21/h5-10,14,19H,11-12H2,1-4H3/t14-/m0/s1. The highest BCUT2D eigenvalue weighted by Gasteiger charge is 2.45. The van der Waals surface area contributed by atoms with Gasteiger partial charge in [0.1, 0.15) is 0 Å². The molecule has 1 N–H and O–H groups in total. The number of rotatable bonds is 4. The first-order chi connectivity index (χ1) is 10.4. The molecule has 1 aliphatic rings. The van der Waals surface area contributed by atoms with Crippen molar-refractivity contribution in [2.45, 2.75) is 57.9 Å². The van der Waals surface area contributed by atoms with Crippen LogP contribution in [0.25, 0.3) is 5.82 Å². The maximum atomic E-state index is 6.13. The third-order valence-corrected chi connectivity index (χ3v) is 4.18. The minimum absolute atomic E-state index is 0.0698. The monoisotopic (exact) mass is 300 g/mol. The Hall–Kier alpha value is -1.72. The highest BCUT2D eigenvalue weighted by Crippen LogP contribution is 2.37. The van der Waals surface area contributed by atoms with E-state index in [2.05, 4.69) is 49.2 Å². The molecular weight excluding hydrogens is 276 g/mol. The Balaban J connectivity index is 1.68. The number of nitrogens with one attached hydrogen (secondary N) is 1. The van der Waals surface area contributed by atoms with E-state index in [9.17, 15) is 0 Å². The van der Waals surface area contributed by atoms with Crippen LogP contribution in [0.2, 0.25) is 0 Å². The summed E-state index contributed by atoms with van der Waals surface area (Å²) in [7, 11) is 0. The van der Waals surface area contributed by atoms with Crippen molar-refractivity contribution in [1.82, 2.24) is 20.1 Å². The van der Waals surface area contributed by atoms with E-state index in [1.807, 2.05) is 24.5 Å². The van der Waals surface area contributed by atoms with Gasteiger partial charge in [0, 0.05) is 31.2 Å². The summed E-state index contributed by atoms with van der Waals surface area (Å²) in [6.45, 7) is 9.41. The van der Waals surface area contributed by atoms with Gasteiger partial charge in [0.15, 0.2) is 5.82 Å². The van der Waals surface area contributed by atoms with Gasteiger partial charge in [-0.1, -0.05) is 0 Å². The second kappa shape index (κ2) is 5.48. The predicted molar refractivity (Wildman–Crippen MR) is 85.8 cm³/mol. The molecule has 0 radical (unpaired) electrons. The molecule has 2 aromatic rings. The molecular formula is C17H24N4O. The molecule has 118 valence electrons. The molecule has 0 aromatic carbocycles. The fourth-order valence-electron chi connectivity index (χ4n) is 3.22. The molecule has 22 heavy (non-hydrogen) atoms. The quantitative estimate of drug-likeness (QED) is 0.943. The summed E-state index contributed by atoms with van der Waals surface area (Å²) in [6, 6.07) is 6.33. The molecule has 0 unspecified atom stereocenters. The average molecular weight is 300 g/mol. The Kier molecular flexibility index (Phi) is 3.78. The number of nitrogens with zero attached hydrogens (tertiary/aromatic N) is 3. The van der Waals surface area contributed by atoms with E-state index in [4.69, 9.17) is 4.74 Å². The van der Waals surface area contributed by atoms with Gasteiger partial charge >= 0.3 is 0 Å². The Morgan fingerprint density at radius 2 is 2.14 bits per heavy atom. The summed E-state index contributed by atoms with van der Waals surface area (Å²) in [6.07, 6.45) is 6.49. The highest BCUT2D eigenvalue weighted by atomic mass is 16.5. The van der Waals surface area contributed by atoms with E-state index < -0.39 is 0 Å². The summed E-state index contributed by atoms with van der Waals surface area (Å²) >= 11 is 0. The molecule has 1 fully saturated rings. The molecule has 0 spiro atoms. The van der Waals surface area contributed by atoms with E-state index in [-0.39, 0.29) is 11.2 Å². The number of ether oxygens (including phenoxy) is 1. The van der Waals surface area contributed by atoms with Gasteiger partial charge in [-0.15, -0.1) is 0 Å². The van der Waals surface area contributed by atoms with Gasteiger partial charge in [0.25, 0.3) is 0 Å². The Morgan fingerprint density at radius 3 is 2.77 bits per heavy atom. The third kappa shape index (κ3) is 3.20. The largest absolute Gasteiger partial charge is 0.368 e. The van der Waals surface area contributed by atoms with Crippen LogP contribution >= 0.6 is 0 Å². The van der Waals surface area contributed by atoms with Crippen molar-refractivity contribution < 1.29 is 4.74 Å². The summed E-state index contributed by atoms with van der Waals surface area (Å²) in [5.41, 5.74) is 0.974. The zero-order chi connectivity index (χ0) is 15.8. The SMILES string of the molecule is CC1(C)C[C@H](NCc2ccnc(-n3cccn3)c2)C(C)(C)O1. The Labute approximate surface area is 131 Å². The zero-order valence-corrected chi connectivity index (χ0v) is 13.7. The van der Waals surface area contributed by atoms with E-state index in [0.29, 0.717) is 6.04 Å². The van der Waals surface area contributed by atoms with Crippen LogP contribution in [0.1, 0.15) is 39.7 Å². The maximum absolute atomic E-state index is 6.13. The van der Waals surface area contributed by atoms with Gasteiger partial charge in [-0.05, 0) is 57.9 Å². The van der Waals surface area contributed by atoms with E-state index in [1.54, 1.807) is 10.9 Å². The summed E-state index contributed by atoms with van der Waals surface area (Å²) in [5.74, 6) is 0.839. The van der Waals surface area contributed by atoms with Crippen molar-refractivity contribution >= 4 is 0 Å². The molecule has 1 atom stereocenters. The van der Waals surface area contributed by atoms with Gasteiger partial charge in [0.2, 0.25) is 0 Å². The topological polar surface area (TPSA) is 52.0 Å². The minimum atomic E-state index is -0.151. The van der Waals surface area contributed by atoms with Crippen LogP contribution in [0.15, 0.2) is 36.8 Å². The van der Waals surface area contributed by atoms with Crippen LogP contribution in [-0.4, -0.2) is 32.0 Å². The molecule has 3 heterocycles. The number of hydrogen-bond donors (Lipinski definition) is 1. The van der Waals surface area contributed by atoms with Crippen molar-refractivity contribution in [3.05, 3.63) is 42.4 Å². The fourth-order valence-corrected chi connectivity index (χ4v) is 3.22. The molecule has 5 heteroatoms. The summed E-state index contributed by atoms with van der Waals surface area (Å²) in [4.78, 5) is 4.36. The first-order valence-corrected chi connectivity index (χ1v) is 7.74. The smallest absolute Gasteiger partial charge is 0.153 e. The normalized spacial score (nSPS) is 22.8. The molecule has 1 aliphatic heterocycles. The van der Waals surface area contributed by atoms with Crippen molar-refractivity contribution in [2.75, 3.05) is 0 Å². The van der Waals surface area contributed by atoms with Crippen LogP contribution in [0.5, 0.6) is 0 Å². The van der Waals surface area contributed by atoms with E-state index >= 15 is 0 Å². The number of hydrogen-bond acceptors (Lipinski definition) is 4. The van der Waals surface area contributed by atoms with Gasteiger partial charge in [-0.25, -0.2) is 9.67 Å². The molecule has 0 saturated carbocycles. The fraction of sp³-hybridized carbons (Fsp3) is 0.529. The first kappa shape index (κ1) is 15.2. The Morgan fingerprint density at radius 1 is 1.32 bits per heavy atom. The predicted octanol–water partition coefficient (Wildman–Crippen LogP) is 2.70. The summed E-state index contributed by atoms with van der Waals surface area (Å²) in [5, 5.41) is 7.85. The lowest BCUT2D eigenvalue weighted by Gasteiger charge is -2.28. The summed E-state index contributed by atoms with van der Waals surface area (Å²) < 4.78 is 7.90. The van der Waals surface area contributed by atoms with E-state index in [1.165, 1.54) is 5.56 Å². The average Bonchev–Trinajstić information content (AvgIpc) is 3.02. The lowest BCUT2D eigenvalue weighted by atomic mass is 9.94. The van der Waals surface area contributed by atoms with Crippen molar-refractivity contribution in [3.8, 4) is 5.82 Å². The lowest BCUT2D eigenvalue weighted by Crippen LogP contribution is -2.42. The maximum Gasteiger partial charge on any atom is 0.153 e. The van der Waals surface area contributed by atoms with Gasteiger partial charge in [-0.3, -0.25) is 0 Å². The van der Waals surface area contributed by atoms with Crippen LogP contribution < -0.4 is 5.32 Å². The first-order valence-electron chi connectivity index (χ1n) is 7.74. The minimum Gasteiger partial charge on any atom is -0.368 e. The molecule has 2 aromatic heterocycles. The second-order valence-corrected chi connectivity index (χ2v) is 7.08. The molecule has 1 saturated heterocycles. The lowest BCUT2D eigenvalue weighted by molar-refractivity contribution is -0.0699. The molecule has 0 bridgehead atoms. The molecule has 3 rings (SSSR count).